The number of aromatic carboxylic acids is 1. The van der Waals surface area contributed by atoms with E-state index in [4.69, 9.17) is 4.74 Å². The van der Waals surface area contributed by atoms with Gasteiger partial charge in [0.15, 0.2) is 5.82 Å². The van der Waals surface area contributed by atoms with E-state index in [-0.39, 0.29) is 17.7 Å². The van der Waals surface area contributed by atoms with Crippen LogP contribution in [-0.2, 0) is 4.74 Å². The molecule has 0 saturated carbocycles. The lowest BCUT2D eigenvalue weighted by Crippen LogP contribution is -2.28. The SMILES string of the molecule is Cc1nnc(NC2CCOC2C)c(C(=O)O)c1C. The number of hydrogen-bond donors (Lipinski definition) is 2. The highest BCUT2D eigenvalue weighted by Crippen LogP contribution is 2.23. The third-order valence-corrected chi connectivity index (χ3v) is 3.37. The number of hydrogen-bond acceptors (Lipinski definition) is 5. The molecule has 18 heavy (non-hydrogen) atoms. The highest BCUT2D eigenvalue weighted by Gasteiger charge is 2.27. The van der Waals surface area contributed by atoms with Crippen LogP contribution < -0.4 is 5.32 Å². The van der Waals surface area contributed by atoms with E-state index in [2.05, 4.69) is 15.5 Å². The van der Waals surface area contributed by atoms with Crippen molar-refractivity contribution in [2.45, 2.75) is 39.3 Å². The lowest BCUT2D eigenvalue weighted by Gasteiger charge is -2.18. The van der Waals surface area contributed by atoms with Crippen molar-refractivity contribution in [3.63, 3.8) is 0 Å². The molecule has 0 bridgehead atoms. The van der Waals surface area contributed by atoms with Crippen molar-refractivity contribution >= 4 is 11.8 Å². The summed E-state index contributed by atoms with van der Waals surface area (Å²) >= 11 is 0. The van der Waals surface area contributed by atoms with E-state index < -0.39 is 5.97 Å². The summed E-state index contributed by atoms with van der Waals surface area (Å²) in [5, 5.41) is 20.3. The molecule has 1 aromatic heterocycles. The van der Waals surface area contributed by atoms with Gasteiger partial charge < -0.3 is 15.2 Å². The first-order chi connectivity index (χ1) is 8.50. The zero-order valence-electron chi connectivity index (χ0n) is 10.7. The largest absolute Gasteiger partial charge is 0.478 e. The van der Waals surface area contributed by atoms with Gasteiger partial charge in [-0.05, 0) is 32.8 Å². The monoisotopic (exact) mass is 251 g/mol. The molecule has 1 aromatic rings. The molecule has 1 saturated heterocycles. The number of aromatic nitrogens is 2. The molecule has 6 nitrogen and oxygen atoms in total. The first-order valence-electron chi connectivity index (χ1n) is 5.96. The third-order valence-electron chi connectivity index (χ3n) is 3.37. The molecule has 2 heterocycles. The van der Waals surface area contributed by atoms with E-state index in [1.165, 1.54) is 0 Å². The number of nitrogens with one attached hydrogen (secondary N) is 1. The van der Waals surface area contributed by atoms with Crippen LogP contribution in [0.2, 0.25) is 0 Å². The van der Waals surface area contributed by atoms with Crippen LogP contribution in [0.5, 0.6) is 0 Å². The van der Waals surface area contributed by atoms with Crippen LogP contribution in [0.1, 0.15) is 35.0 Å². The number of carboxylic acids is 1. The van der Waals surface area contributed by atoms with Crippen LogP contribution in [0.25, 0.3) is 0 Å². The first kappa shape index (κ1) is 12.8. The Bertz CT molecular complexity index is 476. The van der Waals surface area contributed by atoms with Crippen molar-refractivity contribution in [2.75, 3.05) is 11.9 Å². The Morgan fingerprint density at radius 1 is 1.44 bits per heavy atom. The van der Waals surface area contributed by atoms with E-state index in [1.807, 2.05) is 6.92 Å². The Kier molecular flexibility index (Phi) is 3.47. The van der Waals surface area contributed by atoms with Gasteiger partial charge in [-0.15, -0.1) is 5.10 Å². The molecule has 0 aromatic carbocycles. The van der Waals surface area contributed by atoms with Crippen molar-refractivity contribution in [3.8, 4) is 0 Å². The Morgan fingerprint density at radius 2 is 2.17 bits per heavy atom. The second-order valence-corrected chi connectivity index (χ2v) is 4.55. The number of ether oxygens (including phenoxy) is 1. The van der Waals surface area contributed by atoms with Gasteiger partial charge >= 0.3 is 5.97 Å². The summed E-state index contributed by atoms with van der Waals surface area (Å²) in [4.78, 5) is 11.3. The molecule has 2 atom stereocenters. The van der Waals surface area contributed by atoms with E-state index in [0.717, 1.165) is 6.42 Å². The summed E-state index contributed by atoms with van der Waals surface area (Å²) in [6.07, 6.45) is 0.893. The molecular weight excluding hydrogens is 234 g/mol. The number of nitrogens with zero attached hydrogens (tertiary/aromatic N) is 2. The second kappa shape index (κ2) is 4.89. The van der Waals surface area contributed by atoms with Gasteiger partial charge in [0.1, 0.15) is 5.56 Å². The lowest BCUT2D eigenvalue weighted by molar-refractivity contribution is 0.0696. The third kappa shape index (κ3) is 2.28. The molecule has 2 rings (SSSR count). The molecule has 98 valence electrons. The fourth-order valence-electron chi connectivity index (χ4n) is 2.07. The minimum absolute atomic E-state index is 0.0510. The number of anilines is 1. The Hall–Kier alpha value is -1.69. The van der Waals surface area contributed by atoms with Gasteiger partial charge in [0.25, 0.3) is 0 Å². The molecule has 1 aliphatic rings. The molecule has 2 N–H and O–H groups in total. The smallest absolute Gasteiger partial charge is 0.339 e. The predicted octanol–water partition coefficient (Wildman–Crippen LogP) is 1.38. The zero-order chi connectivity index (χ0) is 13.3. The maximum absolute atomic E-state index is 11.3. The Balaban J connectivity index is 2.32. The second-order valence-electron chi connectivity index (χ2n) is 4.55. The molecule has 6 heteroatoms. The van der Waals surface area contributed by atoms with Crippen molar-refractivity contribution in [3.05, 3.63) is 16.8 Å². The molecular formula is C12H17N3O3. The summed E-state index contributed by atoms with van der Waals surface area (Å²) in [5.41, 5.74) is 1.47. The number of carbonyl (C=O) groups is 1. The van der Waals surface area contributed by atoms with Gasteiger partial charge in [-0.3, -0.25) is 0 Å². The highest BCUT2D eigenvalue weighted by molar-refractivity contribution is 5.94. The Labute approximate surface area is 105 Å². The molecule has 0 spiro atoms. The van der Waals surface area contributed by atoms with Crippen molar-refractivity contribution in [2.24, 2.45) is 0 Å². The maximum atomic E-state index is 11.3. The van der Waals surface area contributed by atoms with Crippen LogP contribution in [-0.4, -0.2) is 40.0 Å². The summed E-state index contributed by atoms with van der Waals surface area (Å²) in [7, 11) is 0. The van der Waals surface area contributed by atoms with Crippen LogP contribution >= 0.6 is 0 Å². The Morgan fingerprint density at radius 3 is 2.72 bits per heavy atom. The molecule has 1 aliphatic heterocycles. The lowest BCUT2D eigenvalue weighted by atomic mass is 10.1. The fraction of sp³-hybridized carbons (Fsp3) is 0.583. The number of aryl methyl sites for hydroxylation is 1. The normalized spacial score (nSPS) is 23.1. The topological polar surface area (TPSA) is 84.3 Å². The minimum Gasteiger partial charge on any atom is -0.478 e. The quantitative estimate of drug-likeness (QED) is 0.844. The molecule has 0 radical (unpaired) electrons. The molecule has 2 unspecified atom stereocenters. The minimum atomic E-state index is -0.987. The average molecular weight is 251 g/mol. The van der Waals surface area contributed by atoms with E-state index in [0.29, 0.717) is 23.7 Å². The van der Waals surface area contributed by atoms with Gasteiger partial charge in [-0.2, -0.15) is 5.10 Å². The first-order valence-corrected chi connectivity index (χ1v) is 5.96. The van der Waals surface area contributed by atoms with E-state index in [9.17, 15) is 9.90 Å². The van der Waals surface area contributed by atoms with Gasteiger partial charge in [0.2, 0.25) is 0 Å². The summed E-state index contributed by atoms with van der Waals surface area (Å²) in [6, 6.07) is 0.0829. The molecule has 1 fully saturated rings. The summed E-state index contributed by atoms with van der Waals surface area (Å²) in [6.45, 7) is 6.13. The van der Waals surface area contributed by atoms with Crippen molar-refractivity contribution in [1.29, 1.82) is 0 Å². The maximum Gasteiger partial charge on any atom is 0.339 e. The summed E-state index contributed by atoms with van der Waals surface area (Å²) < 4.78 is 5.43. The standard InChI is InChI=1S/C12H17N3O3/c1-6-7(2)14-15-11(10(6)12(16)17)13-9-4-5-18-8(9)3/h8-9H,4-5H2,1-3H3,(H,13,15)(H,16,17). The zero-order valence-corrected chi connectivity index (χ0v) is 10.7. The van der Waals surface area contributed by atoms with Gasteiger partial charge in [-0.25, -0.2) is 4.79 Å². The van der Waals surface area contributed by atoms with E-state index in [1.54, 1.807) is 13.8 Å². The number of rotatable bonds is 3. The molecule has 0 aliphatic carbocycles. The van der Waals surface area contributed by atoms with Gasteiger partial charge in [-0.1, -0.05) is 0 Å². The average Bonchev–Trinajstić information content (AvgIpc) is 2.69. The van der Waals surface area contributed by atoms with Crippen molar-refractivity contribution < 1.29 is 14.6 Å². The van der Waals surface area contributed by atoms with Gasteiger partial charge in [0.05, 0.1) is 17.8 Å². The van der Waals surface area contributed by atoms with Crippen LogP contribution in [0.15, 0.2) is 0 Å². The van der Waals surface area contributed by atoms with Crippen LogP contribution in [0.3, 0.4) is 0 Å². The van der Waals surface area contributed by atoms with Crippen LogP contribution in [0, 0.1) is 13.8 Å². The number of carboxylic acid groups (broad SMARTS) is 1. The highest BCUT2D eigenvalue weighted by atomic mass is 16.5. The fourth-order valence-corrected chi connectivity index (χ4v) is 2.07. The van der Waals surface area contributed by atoms with Crippen molar-refractivity contribution in [1.82, 2.24) is 10.2 Å². The molecule has 0 amide bonds. The predicted molar refractivity (Wildman–Crippen MR) is 65.9 cm³/mol. The van der Waals surface area contributed by atoms with Crippen LogP contribution in [0.4, 0.5) is 5.82 Å². The summed E-state index contributed by atoms with van der Waals surface area (Å²) in [5.74, 6) is -0.660. The van der Waals surface area contributed by atoms with E-state index >= 15 is 0 Å². The van der Waals surface area contributed by atoms with Gasteiger partial charge in [0, 0.05) is 6.61 Å².